The van der Waals surface area contributed by atoms with E-state index >= 15 is 0 Å². The summed E-state index contributed by atoms with van der Waals surface area (Å²) in [5.41, 5.74) is 0.934. The Bertz CT molecular complexity index is 201. The fourth-order valence-electron chi connectivity index (χ4n) is 1.20. The number of hydrogen-bond donors (Lipinski definition) is 1. The van der Waals surface area contributed by atoms with Crippen molar-refractivity contribution < 1.29 is 9.84 Å². The lowest BCUT2D eigenvalue weighted by Gasteiger charge is -2.17. The Morgan fingerprint density at radius 2 is 2.31 bits per heavy atom. The summed E-state index contributed by atoms with van der Waals surface area (Å²) in [6, 6.07) is 0. The van der Waals surface area contributed by atoms with E-state index in [9.17, 15) is 0 Å². The van der Waals surface area contributed by atoms with Gasteiger partial charge in [0.05, 0.1) is 6.61 Å². The predicted molar refractivity (Wildman–Crippen MR) is 54.3 cm³/mol. The molecule has 0 saturated heterocycles. The van der Waals surface area contributed by atoms with Crippen LogP contribution in [0.4, 0.5) is 0 Å². The largest absolute Gasteiger partial charge is 0.392 e. The van der Waals surface area contributed by atoms with Crippen molar-refractivity contribution in [2.75, 3.05) is 13.7 Å². The standard InChI is InChI=1S/C11H18O2/c1-5-10(7-9(3)8-12)11(6-2)13-4/h2,7,10-12H,5,8H2,1,3-4H3/t10-,11-/m1/s1. The van der Waals surface area contributed by atoms with Crippen molar-refractivity contribution in [3.63, 3.8) is 0 Å². The third-order valence-corrected chi connectivity index (χ3v) is 2.03. The summed E-state index contributed by atoms with van der Waals surface area (Å²) < 4.78 is 5.14. The van der Waals surface area contributed by atoms with Crippen LogP contribution in [0.3, 0.4) is 0 Å². The van der Waals surface area contributed by atoms with Gasteiger partial charge in [-0.1, -0.05) is 24.5 Å². The van der Waals surface area contributed by atoms with Crippen molar-refractivity contribution in [3.8, 4) is 12.3 Å². The first-order chi connectivity index (χ1) is 6.19. The molecule has 0 aliphatic carbocycles. The highest BCUT2D eigenvalue weighted by molar-refractivity contribution is 5.09. The molecule has 0 aromatic rings. The van der Waals surface area contributed by atoms with Gasteiger partial charge in [0.1, 0.15) is 6.10 Å². The van der Waals surface area contributed by atoms with Crippen LogP contribution in [0, 0.1) is 18.3 Å². The third-order valence-electron chi connectivity index (χ3n) is 2.03. The van der Waals surface area contributed by atoms with Gasteiger partial charge in [-0.25, -0.2) is 0 Å². The molecule has 0 amide bonds. The number of ether oxygens (including phenoxy) is 1. The second-order valence-corrected chi connectivity index (χ2v) is 3.07. The highest BCUT2D eigenvalue weighted by atomic mass is 16.5. The summed E-state index contributed by atoms with van der Waals surface area (Å²) in [6.45, 7) is 4.01. The van der Waals surface area contributed by atoms with Crippen LogP contribution in [-0.4, -0.2) is 24.9 Å². The maximum Gasteiger partial charge on any atom is 0.123 e. The molecule has 0 aliphatic rings. The second kappa shape index (κ2) is 6.71. The van der Waals surface area contributed by atoms with E-state index in [-0.39, 0.29) is 18.6 Å². The van der Waals surface area contributed by atoms with Gasteiger partial charge >= 0.3 is 0 Å². The average molecular weight is 182 g/mol. The highest BCUT2D eigenvalue weighted by Gasteiger charge is 2.14. The number of hydrogen-bond acceptors (Lipinski definition) is 2. The fourth-order valence-corrected chi connectivity index (χ4v) is 1.20. The molecule has 0 rings (SSSR count). The summed E-state index contributed by atoms with van der Waals surface area (Å²) in [5, 5.41) is 8.85. The zero-order chi connectivity index (χ0) is 10.3. The number of terminal acetylenes is 1. The fraction of sp³-hybridized carbons (Fsp3) is 0.636. The zero-order valence-electron chi connectivity index (χ0n) is 8.58. The molecule has 13 heavy (non-hydrogen) atoms. The van der Waals surface area contributed by atoms with Crippen molar-refractivity contribution in [2.45, 2.75) is 26.4 Å². The highest BCUT2D eigenvalue weighted by Crippen LogP contribution is 2.14. The van der Waals surface area contributed by atoms with Gasteiger partial charge in [0.25, 0.3) is 0 Å². The van der Waals surface area contributed by atoms with Crippen LogP contribution >= 0.6 is 0 Å². The van der Waals surface area contributed by atoms with Gasteiger partial charge in [0, 0.05) is 13.0 Å². The maximum atomic E-state index is 8.85. The second-order valence-electron chi connectivity index (χ2n) is 3.07. The first-order valence-electron chi connectivity index (χ1n) is 4.46. The van der Waals surface area contributed by atoms with Crippen LogP contribution in [0.5, 0.6) is 0 Å². The number of aliphatic hydroxyl groups excluding tert-OH is 1. The third kappa shape index (κ3) is 4.12. The van der Waals surface area contributed by atoms with Gasteiger partial charge in [-0.2, -0.15) is 0 Å². The van der Waals surface area contributed by atoms with E-state index in [1.807, 2.05) is 13.0 Å². The molecule has 0 saturated carbocycles. The molecule has 0 aromatic heterocycles. The quantitative estimate of drug-likeness (QED) is 0.517. The van der Waals surface area contributed by atoms with Crippen LogP contribution in [0.25, 0.3) is 0 Å². The first kappa shape index (κ1) is 12.2. The lowest BCUT2D eigenvalue weighted by Crippen LogP contribution is -2.19. The average Bonchev–Trinajstić information content (AvgIpc) is 2.17. The molecular weight excluding hydrogens is 164 g/mol. The Labute approximate surface area is 80.6 Å². The minimum absolute atomic E-state index is 0.0809. The van der Waals surface area contributed by atoms with Crippen molar-refractivity contribution in [2.24, 2.45) is 5.92 Å². The van der Waals surface area contributed by atoms with Crippen LogP contribution in [0.1, 0.15) is 20.3 Å². The Hall–Kier alpha value is -0.780. The minimum Gasteiger partial charge on any atom is -0.392 e. The van der Waals surface area contributed by atoms with Crippen molar-refractivity contribution >= 4 is 0 Å². The van der Waals surface area contributed by atoms with Crippen LogP contribution in [-0.2, 0) is 4.74 Å². The SMILES string of the molecule is C#C[C@@H](OC)[C@@H](C=C(C)CO)CC. The van der Waals surface area contributed by atoms with Crippen LogP contribution < -0.4 is 0 Å². The summed E-state index contributed by atoms with van der Waals surface area (Å²) in [4.78, 5) is 0. The van der Waals surface area contributed by atoms with Crippen LogP contribution in [0.2, 0.25) is 0 Å². The van der Waals surface area contributed by atoms with Gasteiger partial charge in [-0.3, -0.25) is 0 Å². The lowest BCUT2D eigenvalue weighted by molar-refractivity contribution is 0.112. The van der Waals surface area contributed by atoms with Gasteiger partial charge < -0.3 is 9.84 Å². The first-order valence-corrected chi connectivity index (χ1v) is 4.46. The number of methoxy groups -OCH3 is 1. The van der Waals surface area contributed by atoms with Gasteiger partial charge in [0.15, 0.2) is 0 Å². The van der Waals surface area contributed by atoms with E-state index in [0.717, 1.165) is 12.0 Å². The zero-order valence-corrected chi connectivity index (χ0v) is 8.58. The Morgan fingerprint density at radius 3 is 2.62 bits per heavy atom. The molecular formula is C11H18O2. The van der Waals surface area contributed by atoms with E-state index in [0.29, 0.717) is 0 Å². The van der Waals surface area contributed by atoms with Crippen LogP contribution in [0.15, 0.2) is 11.6 Å². The predicted octanol–water partition coefficient (Wildman–Crippen LogP) is 1.60. The van der Waals surface area contributed by atoms with E-state index in [2.05, 4.69) is 12.8 Å². The molecule has 2 nitrogen and oxygen atoms in total. The van der Waals surface area contributed by atoms with Crippen molar-refractivity contribution in [3.05, 3.63) is 11.6 Å². The molecule has 0 heterocycles. The topological polar surface area (TPSA) is 29.5 Å². The van der Waals surface area contributed by atoms with Gasteiger partial charge in [0.2, 0.25) is 0 Å². The smallest absolute Gasteiger partial charge is 0.123 e. The molecule has 0 radical (unpaired) electrons. The number of aliphatic hydroxyl groups is 1. The molecule has 0 spiro atoms. The monoisotopic (exact) mass is 182 g/mol. The molecule has 0 bridgehead atoms. The summed E-state index contributed by atoms with van der Waals surface area (Å²) in [6.07, 6.45) is 8.02. The number of rotatable bonds is 5. The molecule has 0 unspecified atom stereocenters. The van der Waals surface area contributed by atoms with Crippen molar-refractivity contribution in [1.82, 2.24) is 0 Å². The summed E-state index contributed by atoms with van der Waals surface area (Å²) in [7, 11) is 1.61. The van der Waals surface area contributed by atoms with E-state index in [4.69, 9.17) is 16.3 Å². The Kier molecular flexibility index (Phi) is 6.30. The summed E-state index contributed by atoms with van der Waals surface area (Å²) >= 11 is 0. The molecule has 2 atom stereocenters. The molecule has 2 heteroatoms. The van der Waals surface area contributed by atoms with Gasteiger partial charge in [-0.15, -0.1) is 6.42 Å². The Morgan fingerprint density at radius 1 is 1.69 bits per heavy atom. The summed E-state index contributed by atoms with van der Waals surface area (Å²) in [5.74, 6) is 2.78. The molecule has 1 N–H and O–H groups in total. The molecule has 74 valence electrons. The van der Waals surface area contributed by atoms with E-state index < -0.39 is 0 Å². The van der Waals surface area contributed by atoms with E-state index in [1.165, 1.54) is 0 Å². The minimum atomic E-state index is -0.188. The van der Waals surface area contributed by atoms with Gasteiger partial charge in [-0.05, 0) is 13.3 Å². The maximum absolute atomic E-state index is 8.85. The van der Waals surface area contributed by atoms with Crippen molar-refractivity contribution in [1.29, 1.82) is 0 Å². The molecule has 0 aliphatic heterocycles. The molecule has 0 aromatic carbocycles. The Balaban J connectivity index is 4.42. The van der Waals surface area contributed by atoms with E-state index in [1.54, 1.807) is 7.11 Å². The molecule has 0 fully saturated rings. The normalized spacial score (nSPS) is 16.4. The lowest BCUT2D eigenvalue weighted by atomic mass is 9.97.